The fourth-order valence-corrected chi connectivity index (χ4v) is 12.3. The number of benzene rings is 3. The van der Waals surface area contributed by atoms with Gasteiger partial charge in [-0.1, -0.05) is 58.0 Å². The van der Waals surface area contributed by atoms with Crippen molar-refractivity contribution >= 4 is 45.1 Å². The van der Waals surface area contributed by atoms with E-state index in [0.717, 1.165) is 30.6 Å². The predicted octanol–water partition coefficient (Wildman–Crippen LogP) is 8.46. The van der Waals surface area contributed by atoms with Crippen molar-refractivity contribution in [2.24, 2.45) is 17.3 Å². The summed E-state index contributed by atoms with van der Waals surface area (Å²) in [5.41, 5.74) is 4.60. The molecule has 2 aliphatic heterocycles. The van der Waals surface area contributed by atoms with E-state index in [-0.39, 0.29) is 52.3 Å². The van der Waals surface area contributed by atoms with Crippen molar-refractivity contribution in [1.82, 2.24) is 40.4 Å². The Balaban J connectivity index is 0.959. The molecule has 17 heteroatoms. The zero-order valence-electron chi connectivity index (χ0n) is 37.9. The van der Waals surface area contributed by atoms with Gasteiger partial charge in [0.05, 0.1) is 55.1 Å². The van der Waals surface area contributed by atoms with E-state index in [1.54, 1.807) is 29.3 Å². The highest BCUT2D eigenvalue weighted by Gasteiger charge is 2.55. The van der Waals surface area contributed by atoms with Crippen LogP contribution in [-0.4, -0.2) is 111 Å². The summed E-state index contributed by atoms with van der Waals surface area (Å²) in [5, 5.41) is 5.41. The number of amides is 4. The molecule has 2 aromatic heterocycles. The number of imidazole rings is 2. The number of alkyl carbamates (subject to hydrolysis) is 2. The summed E-state index contributed by atoms with van der Waals surface area (Å²) < 4.78 is 42.9. The summed E-state index contributed by atoms with van der Waals surface area (Å²) in [6, 6.07) is 13.6. The SMILES string of the molecule is COC(=O)NC(C(=O)N1CS(C)(C)C[C@H]1c1nc2ccc(-c3ccc4c(c3)C(F)(F)c3cc(-c5cnc([C@@H]6CC7(CC7)CN6C(=O)[C@@H](NC(=O)OC)C(C)C)[nH]5)ccc3-4)cc2[nH]1)C(C)C. The molecule has 9 rings (SSSR count). The third-order valence-corrected chi connectivity index (χ3v) is 15.9. The van der Waals surface area contributed by atoms with Gasteiger partial charge >= 0.3 is 12.2 Å². The Morgan fingerprint density at radius 3 is 1.94 bits per heavy atom. The average Bonchev–Trinajstić information content (AvgIpc) is 3.73. The van der Waals surface area contributed by atoms with Crippen molar-refractivity contribution in [2.75, 3.05) is 44.9 Å². The number of rotatable bonds is 10. The van der Waals surface area contributed by atoms with E-state index < -0.39 is 40.2 Å². The highest BCUT2D eigenvalue weighted by molar-refractivity contribution is 8.32. The maximum absolute atomic E-state index is 16.7. The Morgan fingerprint density at radius 2 is 1.34 bits per heavy atom. The van der Waals surface area contributed by atoms with Crippen LogP contribution in [0.5, 0.6) is 0 Å². The average molecular weight is 911 g/mol. The van der Waals surface area contributed by atoms with Crippen molar-refractivity contribution in [3.8, 4) is 33.5 Å². The first-order valence-electron chi connectivity index (χ1n) is 22.0. The molecule has 1 saturated carbocycles. The van der Waals surface area contributed by atoms with Crippen LogP contribution in [0.1, 0.15) is 81.8 Å². The minimum atomic E-state index is -3.29. The summed E-state index contributed by atoms with van der Waals surface area (Å²) in [6.07, 6.45) is 7.37. The van der Waals surface area contributed by atoms with Crippen LogP contribution in [0.25, 0.3) is 44.5 Å². The number of ether oxygens (including phenoxy) is 2. The molecule has 0 radical (unpaired) electrons. The van der Waals surface area contributed by atoms with Gasteiger partial charge in [-0.05, 0) is 95.5 Å². The molecule has 0 bridgehead atoms. The van der Waals surface area contributed by atoms with Gasteiger partial charge in [0.1, 0.15) is 23.7 Å². The lowest BCUT2D eigenvalue weighted by molar-refractivity contribution is -0.136. The van der Waals surface area contributed by atoms with Crippen molar-refractivity contribution in [3.63, 3.8) is 0 Å². The molecule has 3 aromatic carbocycles. The summed E-state index contributed by atoms with van der Waals surface area (Å²) in [4.78, 5) is 72.3. The van der Waals surface area contributed by atoms with Gasteiger partial charge in [-0.15, -0.1) is 0 Å². The van der Waals surface area contributed by atoms with Crippen LogP contribution in [0, 0.1) is 17.3 Å². The number of carbonyl (C=O) groups is 4. The van der Waals surface area contributed by atoms with Gasteiger partial charge in [0, 0.05) is 29.0 Å². The highest BCUT2D eigenvalue weighted by Crippen LogP contribution is 2.59. The van der Waals surface area contributed by atoms with E-state index in [9.17, 15) is 19.2 Å². The van der Waals surface area contributed by atoms with E-state index in [0.29, 0.717) is 63.1 Å². The van der Waals surface area contributed by atoms with Crippen molar-refractivity contribution in [1.29, 1.82) is 0 Å². The molecule has 14 nitrogen and oxygen atoms in total. The molecule has 65 heavy (non-hydrogen) atoms. The smallest absolute Gasteiger partial charge is 0.407 e. The van der Waals surface area contributed by atoms with Gasteiger partial charge in [-0.2, -0.15) is 8.78 Å². The molecule has 4 N–H and O–H groups in total. The van der Waals surface area contributed by atoms with Crippen molar-refractivity contribution < 1.29 is 37.4 Å². The van der Waals surface area contributed by atoms with Crippen molar-refractivity contribution in [3.05, 3.63) is 83.6 Å². The van der Waals surface area contributed by atoms with Gasteiger partial charge in [-0.3, -0.25) is 9.59 Å². The number of aromatic nitrogens is 4. The molecule has 4 heterocycles. The largest absolute Gasteiger partial charge is 0.453 e. The maximum atomic E-state index is 16.7. The first-order valence-corrected chi connectivity index (χ1v) is 24.8. The number of likely N-dealkylation sites (tertiary alicyclic amines) is 1. The van der Waals surface area contributed by atoms with Crippen LogP contribution in [0.3, 0.4) is 0 Å². The number of carbonyl (C=O) groups excluding carboxylic acids is 4. The normalized spacial score (nSPS) is 21.3. The summed E-state index contributed by atoms with van der Waals surface area (Å²) in [7, 11) is 1.34. The first-order chi connectivity index (χ1) is 30.8. The van der Waals surface area contributed by atoms with E-state index >= 15 is 8.78 Å². The second-order valence-electron chi connectivity index (χ2n) is 19.4. The number of hydrogen-bond donors (Lipinski definition) is 4. The van der Waals surface area contributed by atoms with Crippen LogP contribution in [0.2, 0.25) is 0 Å². The Morgan fingerprint density at radius 1 is 0.769 bits per heavy atom. The van der Waals surface area contributed by atoms with E-state index in [1.165, 1.54) is 20.3 Å². The van der Waals surface area contributed by atoms with Gasteiger partial charge < -0.3 is 39.9 Å². The van der Waals surface area contributed by atoms with E-state index in [2.05, 4.69) is 33.1 Å². The third kappa shape index (κ3) is 7.99. The van der Waals surface area contributed by atoms with Gasteiger partial charge in [0.15, 0.2) is 0 Å². The number of hydrogen-bond acceptors (Lipinski definition) is 8. The zero-order valence-corrected chi connectivity index (χ0v) is 38.7. The van der Waals surface area contributed by atoms with Crippen LogP contribution in [0.15, 0.2) is 60.8 Å². The molecule has 344 valence electrons. The second kappa shape index (κ2) is 16.2. The molecular weight excluding hydrogens is 855 g/mol. The minimum Gasteiger partial charge on any atom is -0.453 e. The van der Waals surface area contributed by atoms with Gasteiger partial charge in [0.25, 0.3) is 5.92 Å². The molecule has 5 aromatic rings. The molecular formula is C48H56F2N8O6S. The lowest BCUT2D eigenvalue weighted by atomic mass is 9.98. The molecule has 2 aliphatic carbocycles. The Bertz CT molecular complexity index is 2730. The topological polar surface area (TPSA) is 175 Å². The fourth-order valence-electron chi connectivity index (χ4n) is 9.90. The van der Waals surface area contributed by atoms with E-state index in [4.69, 9.17) is 19.4 Å². The highest BCUT2D eigenvalue weighted by atomic mass is 32.3. The predicted molar refractivity (Wildman–Crippen MR) is 245 cm³/mol. The summed E-state index contributed by atoms with van der Waals surface area (Å²) >= 11 is 0. The van der Waals surface area contributed by atoms with Crippen LogP contribution in [0.4, 0.5) is 18.4 Å². The quantitative estimate of drug-likeness (QED) is 0.108. The van der Waals surface area contributed by atoms with Gasteiger partial charge in [0.2, 0.25) is 11.8 Å². The fraction of sp³-hybridized carbons (Fsp3) is 0.458. The molecule has 4 amide bonds. The van der Waals surface area contributed by atoms with Crippen LogP contribution < -0.4 is 10.6 Å². The number of halogens is 2. The van der Waals surface area contributed by atoms with Crippen LogP contribution >= 0.6 is 10.0 Å². The third-order valence-electron chi connectivity index (χ3n) is 13.7. The minimum absolute atomic E-state index is 0.00868. The summed E-state index contributed by atoms with van der Waals surface area (Å²) in [5.74, 6) is -1.56. The van der Waals surface area contributed by atoms with Crippen molar-refractivity contribution in [2.45, 2.75) is 77.0 Å². The molecule has 3 fully saturated rings. The van der Waals surface area contributed by atoms with Crippen LogP contribution in [-0.2, 0) is 25.0 Å². The Labute approximate surface area is 377 Å². The number of fused-ring (bicyclic) bond motifs is 4. The zero-order chi connectivity index (χ0) is 46.3. The van der Waals surface area contributed by atoms with E-state index in [1.807, 2.05) is 62.9 Å². The number of methoxy groups -OCH3 is 2. The first kappa shape index (κ1) is 44.2. The number of H-pyrrole nitrogens is 2. The molecule has 2 saturated heterocycles. The standard InChI is InChI=1S/C48H56F2N8O6S/c1-25(2)39(55-45(61)63-5)43(59)57-23-47(15-16-47)20-37(57)41-51-21-36(54-41)29-10-13-31-30-12-9-27(17-32(30)48(49,50)33(31)18-29)28-11-14-34-35(19-28)53-42(52-34)38-22-65(7,8)24-58(38)44(60)40(26(3)4)56-46(62)64-6/h9-14,17-19,21,25-26,37-40H,15-16,20,22-24H2,1-8H3,(H,51,54)(H,52,53)(H,55,61)(H,56,62)/t37-,38-,39-,40?/m0/s1. The Hall–Kier alpha value is -5.97. The molecule has 1 spiro atoms. The molecule has 1 unspecified atom stereocenters. The number of nitrogens with one attached hydrogen (secondary N) is 4. The van der Waals surface area contributed by atoms with Gasteiger partial charge in [-0.25, -0.2) is 29.6 Å². The molecule has 4 aliphatic rings. The number of aromatic amines is 2. The lowest BCUT2D eigenvalue weighted by Crippen LogP contribution is -2.51. The number of nitrogens with zero attached hydrogens (tertiary/aromatic N) is 4. The molecule has 4 atom stereocenters. The lowest BCUT2D eigenvalue weighted by Gasteiger charge is -2.30. The monoisotopic (exact) mass is 910 g/mol. The second-order valence-corrected chi connectivity index (χ2v) is 23.5. The maximum Gasteiger partial charge on any atom is 0.407 e. The summed E-state index contributed by atoms with van der Waals surface area (Å²) in [6.45, 7) is 8.05. The number of alkyl halides is 2. The Kier molecular flexibility index (Phi) is 11.0.